The number of carbonyl (C=O) groups excluding carboxylic acids is 1. The summed E-state index contributed by atoms with van der Waals surface area (Å²) in [5, 5.41) is 17.6. The van der Waals surface area contributed by atoms with Gasteiger partial charge in [0.15, 0.2) is 0 Å². The Balaban J connectivity index is 2.19. The predicted octanol–water partition coefficient (Wildman–Crippen LogP) is 4.00. The predicted molar refractivity (Wildman–Crippen MR) is 94.5 cm³/mol. The van der Waals surface area contributed by atoms with Crippen LogP contribution in [-0.2, 0) is 6.54 Å². The van der Waals surface area contributed by atoms with Crippen LogP contribution in [0.25, 0.3) is 0 Å². The van der Waals surface area contributed by atoms with Crippen LogP contribution in [0.5, 0.6) is 0 Å². The minimum absolute atomic E-state index is 0.147. The van der Waals surface area contributed by atoms with Crippen molar-refractivity contribution >= 4 is 28.9 Å². The molecular formula is C17H18ClN3O3. The molecule has 0 unspecified atom stereocenters. The van der Waals surface area contributed by atoms with Crippen LogP contribution in [0.2, 0.25) is 5.02 Å². The second kappa shape index (κ2) is 8.31. The van der Waals surface area contributed by atoms with Crippen molar-refractivity contribution in [1.82, 2.24) is 5.32 Å². The molecule has 7 heteroatoms. The van der Waals surface area contributed by atoms with Crippen LogP contribution in [0.15, 0.2) is 42.5 Å². The molecule has 6 nitrogen and oxygen atoms in total. The summed E-state index contributed by atoms with van der Waals surface area (Å²) in [4.78, 5) is 22.7. The lowest BCUT2D eigenvalue weighted by molar-refractivity contribution is -0.384. The summed E-state index contributed by atoms with van der Waals surface area (Å²) in [5.41, 5.74) is 1.29. The van der Waals surface area contributed by atoms with Crippen molar-refractivity contribution in [3.05, 3.63) is 68.7 Å². The Labute approximate surface area is 145 Å². The van der Waals surface area contributed by atoms with Gasteiger partial charge in [-0.25, -0.2) is 0 Å². The highest BCUT2D eigenvalue weighted by Gasteiger charge is 2.17. The number of hydrogen-bond acceptors (Lipinski definition) is 4. The van der Waals surface area contributed by atoms with E-state index in [1.807, 2.05) is 25.1 Å². The van der Waals surface area contributed by atoms with Gasteiger partial charge in [-0.1, -0.05) is 36.7 Å². The molecule has 0 bridgehead atoms. The summed E-state index contributed by atoms with van der Waals surface area (Å²) in [7, 11) is 0. The lowest BCUT2D eigenvalue weighted by Crippen LogP contribution is -2.24. The lowest BCUT2D eigenvalue weighted by atomic mass is 10.1. The van der Waals surface area contributed by atoms with Crippen LogP contribution in [0.3, 0.4) is 0 Å². The van der Waals surface area contributed by atoms with Crippen LogP contribution < -0.4 is 10.6 Å². The number of halogens is 1. The maximum Gasteiger partial charge on any atom is 0.293 e. The van der Waals surface area contributed by atoms with E-state index >= 15 is 0 Å². The summed E-state index contributed by atoms with van der Waals surface area (Å²) in [6, 6.07) is 11.6. The van der Waals surface area contributed by atoms with Crippen molar-refractivity contribution in [2.45, 2.75) is 19.9 Å². The first-order valence-corrected chi connectivity index (χ1v) is 7.94. The van der Waals surface area contributed by atoms with Crippen molar-refractivity contribution < 1.29 is 9.72 Å². The number of hydrogen-bond donors (Lipinski definition) is 2. The van der Waals surface area contributed by atoms with E-state index in [1.165, 1.54) is 12.1 Å². The van der Waals surface area contributed by atoms with Crippen LogP contribution in [0, 0.1) is 10.1 Å². The van der Waals surface area contributed by atoms with E-state index in [0.29, 0.717) is 23.8 Å². The lowest BCUT2D eigenvalue weighted by Gasteiger charge is -2.10. The summed E-state index contributed by atoms with van der Waals surface area (Å²) in [6.45, 7) is 2.81. The zero-order chi connectivity index (χ0) is 17.5. The molecule has 0 fully saturated rings. The molecule has 0 saturated heterocycles. The molecule has 24 heavy (non-hydrogen) atoms. The molecule has 2 N–H and O–H groups in total. The topological polar surface area (TPSA) is 84.3 Å². The largest absolute Gasteiger partial charge is 0.375 e. The fourth-order valence-electron chi connectivity index (χ4n) is 2.15. The molecule has 0 saturated carbocycles. The van der Waals surface area contributed by atoms with Crippen LogP contribution in [0.1, 0.15) is 29.3 Å². The van der Waals surface area contributed by atoms with Crippen molar-refractivity contribution in [1.29, 1.82) is 0 Å². The number of nitro benzene ring substituents is 1. The molecule has 1 amide bonds. The van der Waals surface area contributed by atoms with Gasteiger partial charge in [0, 0.05) is 29.7 Å². The Morgan fingerprint density at radius 3 is 2.67 bits per heavy atom. The Kier molecular flexibility index (Phi) is 6.14. The number of benzene rings is 2. The molecule has 0 aliphatic heterocycles. The molecule has 0 aliphatic carbocycles. The zero-order valence-corrected chi connectivity index (χ0v) is 14.0. The number of amides is 1. The average Bonchev–Trinajstić information content (AvgIpc) is 2.58. The van der Waals surface area contributed by atoms with Gasteiger partial charge in [-0.2, -0.15) is 0 Å². The second-order valence-corrected chi connectivity index (χ2v) is 5.60. The van der Waals surface area contributed by atoms with Crippen LogP contribution in [-0.4, -0.2) is 17.4 Å². The van der Waals surface area contributed by atoms with Gasteiger partial charge in [-0.05, 0) is 30.2 Å². The SMILES string of the molecule is CCCNC(=O)c1ccc(NCc2ccccc2Cl)c([N+](=O)[O-])c1. The van der Waals surface area contributed by atoms with Crippen LogP contribution >= 0.6 is 11.6 Å². The molecule has 0 aromatic heterocycles. The Bertz CT molecular complexity index is 750. The number of nitrogens with one attached hydrogen (secondary N) is 2. The minimum Gasteiger partial charge on any atom is -0.375 e. The van der Waals surface area contributed by atoms with Gasteiger partial charge in [-0.3, -0.25) is 14.9 Å². The third-order valence-corrected chi connectivity index (χ3v) is 3.79. The third-order valence-electron chi connectivity index (χ3n) is 3.42. The molecule has 126 valence electrons. The van der Waals surface area contributed by atoms with E-state index in [-0.39, 0.29) is 17.2 Å². The van der Waals surface area contributed by atoms with Gasteiger partial charge in [0.1, 0.15) is 5.69 Å². The molecule has 0 heterocycles. The maximum absolute atomic E-state index is 11.9. The summed E-state index contributed by atoms with van der Waals surface area (Å²) in [6.07, 6.45) is 0.797. The molecule has 0 atom stereocenters. The number of nitrogens with zero attached hydrogens (tertiary/aromatic N) is 1. The van der Waals surface area contributed by atoms with E-state index in [1.54, 1.807) is 12.1 Å². The molecule has 2 aromatic rings. The van der Waals surface area contributed by atoms with Gasteiger partial charge in [0.05, 0.1) is 4.92 Å². The molecule has 0 aliphatic rings. The number of rotatable bonds is 7. The van der Waals surface area contributed by atoms with Gasteiger partial charge >= 0.3 is 0 Å². The van der Waals surface area contributed by atoms with Crippen molar-refractivity contribution in [2.75, 3.05) is 11.9 Å². The molecule has 0 spiro atoms. The maximum atomic E-state index is 11.9. The fraction of sp³-hybridized carbons (Fsp3) is 0.235. The highest BCUT2D eigenvalue weighted by atomic mass is 35.5. The first-order valence-electron chi connectivity index (χ1n) is 7.57. The van der Waals surface area contributed by atoms with E-state index < -0.39 is 4.92 Å². The van der Waals surface area contributed by atoms with E-state index in [0.717, 1.165) is 12.0 Å². The summed E-state index contributed by atoms with van der Waals surface area (Å²) in [5.74, 6) is -0.322. The number of nitro groups is 1. The van der Waals surface area contributed by atoms with Gasteiger partial charge in [0.2, 0.25) is 0 Å². The van der Waals surface area contributed by atoms with Gasteiger partial charge in [0.25, 0.3) is 11.6 Å². The molecule has 2 aromatic carbocycles. The minimum atomic E-state index is -0.508. The highest BCUT2D eigenvalue weighted by Crippen LogP contribution is 2.27. The first kappa shape index (κ1) is 17.7. The Hall–Kier alpha value is -2.60. The van der Waals surface area contributed by atoms with E-state index in [9.17, 15) is 14.9 Å². The normalized spacial score (nSPS) is 10.2. The third kappa shape index (κ3) is 4.45. The van der Waals surface area contributed by atoms with E-state index in [2.05, 4.69) is 10.6 Å². The smallest absolute Gasteiger partial charge is 0.293 e. The van der Waals surface area contributed by atoms with Crippen LogP contribution in [0.4, 0.5) is 11.4 Å². The highest BCUT2D eigenvalue weighted by molar-refractivity contribution is 6.31. The average molecular weight is 348 g/mol. The standard InChI is InChI=1S/C17H18ClN3O3/c1-2-9-19-17(22)12-7-8-15(16(10-12)21(23)24)20-11-13-5-3-4-6-14(13)18/h3-8,10,20H,2,9,11H2,1H3,(H,19,22). The van der Waals surface area contributed by atoms with Crippen molar-refractivity contribution in [3.8, 4) is 0 Å². The van der Waals surface area contributed by atoms with Crippen molar-refractivity contribution in [2.24, 2.45) is 0 Å². The Morgan fingerprint density at radius 1 is 1.25 bits per heavy atom. The monoisotopic (exact) mass is 347 g/mol. The van der Waals surface area contributed by atoms with E-state index in [4.69, 9.17) is 11.6 Å². The summed E-state index contributed by atoms with van der Waals surface area (Å²) >= 11 is 6.08. The quantitative estimate of drug-likeness (QED) is 0.585. The number of carbonyl (C=O) groups is 1. The number of anilines is 1. The summed E-state index contributed by atoms with van der Waals surface area (Å²) < 4.78 is 0. The van der Waals surface area contributed by atoms with Gasteiger partial charge < -0.3 is 10.6 Å². The molecule has 0 radical (unpaired) electrons. The van der Waals surface area contributed by atoms with Gasteiger partial charge in [-0.15, -0.1) is 0 Å². The molecule has 2 rings (SSSR count). The zero-order valence-electron chi connectivity index (χ0n) is 13.2. The molecular weight excluding hydrogens is 330 g/mol. The fourth-order valence-corrected chi connectivity index (χ4v) is 2.35. The first-order chi connectivity index (χ1) is 11.5. The van der Waals surface area contributed by atoms with Crippen molar-refractivity contribution in [3.63, 3.8) is 0 Å². The Morgan fingerprint density at radius 2 is 2.00 bits per heavy atom. The second-order valence-electron chi connectivity index (χ2n) is 5.19.